The molecule has 0 saturated carbocycles. The molecule has 16 heteroatoms. The largest absolute Gasteiger partial charge is 0.394 e. The van der Waals surface area contributed by atoms with E-state index in [1.54, 1.807) is 0 Å². The number of hydrogen-bond donors (Lipinski definition) is 11. The van der Waals surface area contributed by atoms with Gasteiger partial charge in [-0.1, -0.05) is 0 Å². The molecule has 15 atom stereocenters. The Kier molecular flexibility index (Phi) is 9.54. The number of aliphatic hydroxyl groups excluding tert-OH is 11. The lowest BCUT2D eigenvalue weighted by atomic mass is 9.97. The molecule has 34 heavy (non-hydrogen) atoms. The first-order valence-electron chi connectivity index (χ1n) is 10.6. The summed E-state index contributed by atoms with van der Waals surface area (Å²) in [5.41, 5.74) is 0. The van der Waals surface area contributed by atoms with Gasteiger partial charge in [0.15, 0.2) is 18.9 Å². The average molecular weight is 504 g/mol. The normalized spacial score (nSPS) is 52.5. The first kappa shape index (κ1) is 27.9. The zero-order valence-electron chi connectivity index (χ0n) is 17.7. The number of hydrogen-bond acceptors (Lipinski definition) is 16. The summed E-state index contributed by atoms with van der Waals surface area (Å²) in [7, 11) is 0. The van der Waals surface area contributed by atoms with Crippen LogP contribution in [-0.4, -0.2) is 168 Å². The second kappa shape index (κ2) is 11.6. The molecule has 3 rings (SSSR count). The highest BCUT2D eigenvalue weighted by molar-refractivity contribution is 4.94. The Morgan fingerprint density at radius 1 is 0.500 bits per heavy atom. The third kappa shape index (κ3) is 5.52. The van der Waals surface area contributed by atoms with E-state index in [9.17, 15) is 56.2 Å². The van der Waals surface area contributed by atoms with E-state index in [-0.39, 0.29) is 0 Å². The predicted octanol–water partition coefficient (Wildman–Crippen LogP) is -7.57. The van der Waals surface area contributed by atoms with E-state index >= 15 is 0 Å². The molecule has 3 heterocycles. The van der Waals surface area contributed by atoms with Crippen molar-refractivity contribution in [2.24, 2.45) is 0 Å². The lowest BCUT2D eigenvalue weighted by molar-refractivity contribution is -0.361. The summed E-state index contributed by atoms with van der Waals surface area (Å²) in [6.45, 7) is -2.06. The highest BCUT2D eigenvalue weighted by Gasteiger charge is 2.51. The number of ether oxygens (including phenoxy) is 5. The Balaban J connectivity index is 1.65. The first-order valence-corrected chi connectivity index (χ1v) is 10.6. The molecule has 11 N–H and O–H groups in total. The van der Waals surface area contributed by atoms with E-state index in [0.29, 0.717) is 0 Å². The van der Waals surface area contributed by atoms with Crippen LogP contribution in [0.4, 0.5) is 0 Å². The highest BCUT2D eigenvalue weighted by atomic mass is 16.7. The molecule has 3 saturated heterocycles. The molecule has 0 aromatic rings. The van der Waals surface area contributed by atoms with Crippen LogP contribution in [0.2, 0.25) is 0 Å². The van der Waals surface area contributed by atoms with E-state index in [2.05, 4.69) is 0 Å². The van der Waals surface area contributed by atoms with Gasteiger partial charge in [0, 0.05) is 0 Å². The monoisotopic (exact) mass is 504 g/mol. The van der Waals surface area contributed by atoms with E-state index in [1.165, 1.54) is 0 Å². The van der Waals surface area contributed by atoms with Gasteiger partial charge in [-0.25, -0.2) is 0 Å². The van der Waals surface area contributed by atoms with Crippen LogP contribution in [0.3, 0.4) is 0 Å². The van der Waals surface area contributed by atoms with Gasteiger partial charge in [-0.3, -0.25) is 0 Å². The van der Waals surface area contributed by atoms with Gasteiger partial charge in [0.1, 0.15) is 73.2 Å². The maximum atomic E-state index is 10.6. The summed E-state index contributed by atoms with van der Waals surface area (Å²) in [5, 5.41) is 109. The molecular weight excluding hydrogens is 472 g/mol. The van der Waals surface area contributed by atoms with Crippen LogP contribution in [0.15, 0.2) is 0 Å². The lowest BCUT2D eigenvalue weighted by Gasteiger charge is -2.45. The van der Waals surface area contributed by atoms with E-state index in [1.807, 2.05) is 0 Å². The smallest absolute Gasteiger partial charge is 0.187 e. The van der Waals surface area contributed by atoms with Crippen LogP contribution in [0.25, 0.3) is 0 Å². The molecule has 0 radical (unpaired) electrons. The van der Waals surface area contributed by atoms with Gasteiger partial charge in [-0.2, -0.15) is 0 Å². The molecule has 3 aliphatic heterocycles. The molecule has 0 aliphatic carbocycles. The van der Waals surface area contributed by atoms with Gasteiger partial charge in [0.2, 0.25) is 0 Å². The summed E-state index contributed by atoms with van der Waals surface area (Å²) in [6, 6.07) is 0. The second-order valence-electron chi connectivity index (χ2n) is 8.37. The summed E-state index contributed by atoms with van der Waals surface area (Å²) >= 11 is 0. The highest BCUT2D eigenvalue weighted by Crippen LogP contribution is 2.29. The van der Waals surface area contributed by atoms with E-state index < -0.39 is 112 Å². The van der Waals surface area contributed by atoms with Gasteiger partial charge >= 0.3 is 0 Å². The van der Waals surface area contributed by atoms with Crippen molar-refractivity contribution in [2.45, 2.75) is 92.1 Å². The van der Waals surface area contributed by atoms with Gasteiger partial charge in [0.05, 0.1) is 19.8 Å². The van der Waals surface area contributed by atoms with Crippen molar-refractivity contribution >= 4 is 0 Å². The SMILES string of the molecule is OC[C@H]1O[C@@H](OC[C@H]2O[C@H](O)[C@@H](O)[C@@H](O[C@@H]3O[C@H](CO)[C@@H](O)[C@H](O)[C@@H]3O)[C@@H]2O)[C@@H](O)[C@@H](O)[C@@H]1O. The molecule has 200 valence electrons. The van der Waals surface area contributed by atoms with Crippen LogP contribution in [0, 0.1) is 0 Å². The van der Waals surface area contributed by atoms with Crippen molar-refractivity contribution in [1.82, 2.24) is 0 Å². The maximum Gasteiger partial charge on any atom is 0.187 e. The number of rotatable bonds is 7. The molecule has 0 amide bonds. The Bertz CT molecular complexity index is 637. The van der Waals surface area contributed by atoms with Crippen LogP contribution in [-0.2, 0) is 23.7 Å². The molecule has 0 unspecified atom stereocenters. The molecule has 0 aromatic heterocycles. The third-order valence-corrected chi connectivity index (χ3v) is 6.07. The fourth-order valence-electron chi connectivity index (χ4n) is 3.94. The molecule has 0 bridgehead atoms. The van der Waals surface area contributed by atoms with Crippen molar-refractivity contribution in [2.75, 3.05) is 19.8 Å². The standard InChI is InChI=1S/C18H32O16/c19-1-4-7(21)10(24)12(26)17(32-4)30-3-6-9(23)15(14(28)16(29)31-6)34-18-13(27)11(25)8(22)5(2-20)33-18/h4-29H,1-3H2/t4-,5-,6-,7-,8-,9-,10+,11+,12+,13+,14+,15+,16+,17-,18+/m1/s1. The minimum atomic E-state index is -1.93. The summed E-state index contributed by atoms with van der Waals surface area (Å²) in [4.78, 5) is 0. The topological polar surface area (TPSA) is 269 Å². The van der Waals surface area contributed by atoms with Gasteiger partial charge in [-0.15, -0.1) is 0 Å². The van der Waals surface area contributed by atoms with Crippen LogP contribution in [0.1, 0.15) is 0 Å². The minimum absolute atomic E-state index is 0.609. The van der Waals surface area contributed by atoms with Crippen molar-refractivity contribution < 1.29 is 79.9 Å². The summed E-state index contributed by atoms with van der Waals surface area (Å²) in [5.74, 6) is 0. The molecule has 16 nitrogen and oxygen atoms in total. The van der Waals surface area contributed by atoms with Crippen molar-refractivity contribution in [3.05, 3.63) is 0 Å². The molecule has 0 aromatic carbocycles. The van der Waals surface area contributed by atoms with E-state index in [0.717, 1.165) is 0 Å². The van der Waals surface area contributed by atoms with Gasteiger partial charge in [-0.05, 0) is 0 Å². The fraction of sp³-hybridized carbons (Fsp3) is 1.00. The zero-order chi connectivity index (χ0) is 25.3. The third-order valence-electron chi connectivity index (χ3n) is 6.07. The number of aliphatic hydroxyl groups is 11. The van der Waals surface area contributed by atoms with Gasteiger partial charge < -0.3 is 79.9 Å². The van der Waals surface area contributed by atoms with E-state index in [4.69, 9.17) is 23.7 Å². The van der Waals surface area contributed by atoms with Gasteiger partial charge in [0.25, 0.3) is 0 Å². The second-order valence-corrected chi connectivity index (χ2v) is 8.37. The van der Waals surface area contributed by atoms with Crippen molar-refractivity contribution in [3.63, 3.8) is 0 Å². The maximum absolute atomic E-state index is 10.6. The average Bonchev–Trinajstić information content (AvgIpc) is 2.82. The Labute approximate surface area is 192 Å². The molecular formula is C18H32O16. The Morgan fingerprint density at radius 2 is 1.00 bits per heavy atom. The first-order chi connectivity index (χ1) is 16.0. The van der Waals surface area contributed by atoms with Crippen LogP contribution < -0.4 is 0 Å². The Morgan fingerprint density at radius 3 is 1.53 bits per heavy atom. The predicted molar refractivity (Wildman–Crippen MR) is 101 cm³/mol. The molecule has 0 spiro atoms. The fourth-order valence-corrected chi connectivity index (χ4v) is 3.94. The van der Waals surface area contributed by atoms with Crippen LogP contribution in [0.5, 0.6) is 0 Å². The molecule has 3 aliphatic rings. The molecule has 3 fully saturated rings. The zero-order valence-corrected chi connectivity index (χ0v) is 17.7. The summed E-state index contributed by atoms with van der Waals surface area (Å²) in [6.07, 6.45) is -24.9. The lowest BCUT2D eigenvalue weighted by Crippen LogP contribution is -2.65. The minimum Gasteiger partial charge on any atom is -0.394 e. The van der Waals surface area contributed by atoms with Crippen molar-refractivity contribution in [1.29, 1.82) is 0 Å². The quantitative estimate of drug-likeness (QED) is 0.154. The van der Waals surface area contributed by atoms with Crippen LogP contribution >= 0.6 is 0 Å². The Hall–Kier alpha value is -0.640. The van der Waals surface area contributed by atoms with Crippen molar-refractivity contribution in [3.8, 4) is 0 Å². The summed E-state index contributed by atoms with van der Waals surface area (Å²) < 4.78 is 26.1.